The average molecular weight is 365 g/mol. The number of carbonyl (C=O) groups excluding carboxylic acids is 1. The fourth-order valence-corrected chi connectivity index (χ4v) is 3.38. The van der Waals surface area contributed by atoms with Crippen LogP contribution in [0.3, 0.4) is 0 Å². The first-order valence-electron chi connectivity index (χ1n) is 8.80. The molecule has 4 rings (SSSR count). The van der Waals surface area contributed by atoms with Gasteiger partial charge in [0.25, 0.3) is 11.6 Å². The lowest BCUT2D eigenvalue weighted by atomic mass is 10.2. The quantitative estimate of drug-likeness (QED) is 0.525. The molecule has 0 N–H and O–H groups in total. The molecule has 0 unspecified atom stereocenters. The highest BCUT2D eigenvalue weighted by Gasteiger charge is 2.25. The number of nitro groups is 1. The van der Waals surface area contributed by atoms with Crippen molar-refractivity contribution in [3.63, 3.8) is 0 Å². The van der Waals surface area contributed by atoms with Crippen molar-refractivity contribution in [2.75, 3.05) is 13.1 Å². The van der Waals surface area contributed by atoms with Gasteiger partial charge in [0.15, 0.2) is 0 Å². The molecular weight excluding hydrogens is 346 g/mol. The molecule has 138 valence electrons. The Balaban J connectivity index is 1.80. The second-order valence-electron chi connectivity index (χ2n) is 6.60. The van der Waals surface area contributed by atoms with E-state index in [0.29, 0.717) is 17.1 Å². The van der Waals surface area contributed by atoms with E-state index in [2.05, 4.69) is 5.10 Å². The average Bonchev–Trinajstić information content (AvgIpc) is 3.41. The molecule has 0 saturated carbocycles. The van der Waals surface area contributed by atoms with Crippen LogP contribution >= 0.6 is 0 Å². The Hall–Kier alpha value is -3.42. The normalized spacial score (nSPS) is 13.9. The van der Waals surface area contributed by atoms with Crippen molar-refractivity contribution >= 4 is 11.6 Å². The number of likely N-dealkylation sites (tertiary alicyclic amines) is 1. The Morgan fingerprint density at radius 3 is 2.44 bits per heavy atom. The van der Waals surface area contributed by atoms with E-state index in [-0.39, 0.29) is 11.6 Å². The van der Waals surface area contributed by atoms with Crippen LogP contribution in [0.2, 0.25) is 0 Å². The first-order valence-corrected chi connectivity index (χ1v) is 8.80. The maximum atomic E-state index is 13.0. The molecule has 8 heteroatoms. The van der Waals surface area contributed by atoms with Crippen LogP contribution in [-0.2, 0) is 7.05 Å². The number of hydrogen-bond acceptors (Lipinski definition) is 4. The molecule has 1 aliphatic rings. The third-order valence-corrected chi connectivity index (χ3v) is 4.83. The van der Waals surface area contributed by atoms with Gasteiger partial charge in [-0.05, 0) is 43.2 Å². The van der Waals surface area contributed by atoms with Crippen LogP contribution in [0.25, 0.3) is 17.1 Å². The van der Waals surface area contributed by atoms with E-state index in [1.165, 1.54) is 12.1 Å². The highest BCUT2D eigenvalue weighted by Crippen LogP contribution is 2.25. The molecule has 3 heterocycles. The second-order valence-corrected chi connectivity index (χ2v) is 6.60. The number of rotatable bonds is 4. The highest BCUT2D eigenvalue weighted by atomic mass is 16.6. The highest BCUT2D eigenvalue weighted by molar-refractivity contribution is 5.94. The zero-order valence-electron chi connectivity index (χ0n) is 14.9. The summed E-state index contributed by atoms with van der Waals surface area (Å²) in [6.45, 7) is 1.48. The Bertz CT molecular complexity index is 997. The van der Waals surface area contributed by atoms with Crippen molar-refractivity contribution in [3.8, 4) is 17.1 Å². The lowest BCUT2D eigenvalue weighted by Gasteiger charge is -2.15. The van der Waals surface area contributed by atoms with Crippen LogP contribution in [0.1, 0.15) is 23.3 Å². The van der Waals surface area contributed by atoms with Gasteiger partial charge in [-0.3, -0.25) is 14.9 Å². The topological polar surface area (TPSA) is 86.2 Å². The Labute approximate surface area is 155 Å². The maximum absolute atomic E-state index is 13.0. The number of amides is 1. The summed E-state index contributed by atoms with van der Waals surface area (Å²) < 4.78 is 3.51. The van der Waals surface area contributed by atoms with E-state index >= 15 is 0 Å². The molecule has 1 aromatic carbocycles. The molecule has 1 aliphatic heterocycles. The summed E-state index contributed by atoms with van der Waals surface area (Å²) >= 11 is 0. The lowest BCUT2D eigenvalue weighted by Crippen LogP contribution is -2.29. The number of hydrogen-bond donors (Lipinski definition) is 0. The van der Waals surface area contributed by atoms with Crippen LogP contribution in [0.4, 0.5) is 5.69 Å². The number of aryl methyl sites for hydroxylation is 1. The summed E-state index contributed by atoms with van der Waals surface area (Å²) in [6.07, 6.45) is 3.92. The molecule has 2 aromatic heterocycles. The first-order chi connectivity index (χ1) is 13.0. The van der Waals surface area contributed by atoms with Crippen molar-refractivity contribution in [1.29, 1.82) is 0 Å². The molecule has 1 saturated heterocycles. The summed E-state index contributed by atoms with van der Waals surface area (Å²) in [5, 5.41) is 15.5. The van der Waals surface area contributed by atoms with Gasteiger partial charge in [0.2, 0.25) is 0 Å². The second kappa shape index (κ2) is 6.71. The fourth-order valence-electron chi connectivity index (χ4n) is 3.38. The van der Waals surface area contributed by atoms with Crippen LogP contribution in [-0.4, -0.2) is 43.2 Å². The molecule has 1 fully saturated rings. The van der Waals surface area contributed by atoms with E-state index < -0.39 is 4.92 Å². The van der Waals surface area contributed by atoms with Crippen molar-refractivity contribution in [2.45, 2.75) is 12.8 Å². The monoisotopic (exact) mass is 365 g/mol. The van der Waals surface area contributed by atoms with Crippen LogP contribution in [0, 0.1) is 10.1 Å². The van der Waals surface area contributed by atoms with Crippen LogP contribution in [0.15, 0.2) is 48.7 Å². The van der Waals surface area contributed by atoms with E-state index in [0.717, 1.165) is 31.6 Å². The maximum Gasteiger partial charge on any atom is 0.272 e. The third kappa shape index (κ3) is 3.10. The van der Waals surface area contributed by atoms with Gasteiger partial charge in [0.1, 0.15) is 11.4 Å². The van der Waals surface area contributed by atoms with Crippen molar-refractivity contribution < 1.29 is 9.72 Å². The molecule has 3 aromatic rings. The predicted molar refractivity (Wildman–Crippen MR) is 99.8 cm³/mol. The number of nitro benzene ring substituents is 1. The molecule has 0 atom stereocenters. The Morgan fingerprint density at radius 2 is 1.85 bits per heavy atom. The number of non-ortho nitro benzene ring substituents is 1. The van der Waals surface area contributed by atoms with Crippen molar-refractivity contribution in [1.82, 2.24) is 19.2 Å². The smallest absolute Gasteiger partial charge is 0.272 e. The molecule has 0 bridgehead atoms. The molecule has 0 spiro atoms. The predicted octanol–water partition coefficient (Wildman–Crippen LogP) is 3.02. The summed E-state index contributed by atoms with van der Waals surface area (Å²) in [4.78, 5) is 25.3. The van der Waals surface area contributed by atoms with Gasteiger partial charge in [-0.25, -0.2) is 4.68 Å². The van der Waals surface area contributed by atoms with Gasteiger partial charge in [-0.2, -0.15) is 5.10 Å². The molecule has 8 nitrogen and oxygen atoms in total. The van der Waals surface area contributed by atoms with E-state index in [1.807, 2.05) is 34.8 Å². The zero-order valence-corrected chi connectivity index (χ0v) is 14.9. The number of carbonyl (C=O) groups is 1. The molecule has 27 heavy (non-hydrogen) atoms. The third-order valence-electron chi connectivity index (χ3n) is 4.83. The Kier molecular flexibility index (Phi) is 4.23. The van der Waals surface area contributed by atoms with Crippen LogP contribution in [0.5, 0.6) is 0 Å². The Morgan fingerprint density at radius 1 is 1.15 bits per heavy atom. The largest absolute Gasteiger partial charge is 0.349 e. The van der Waals surface area contributed by atoms with E-state index in [9.17, 15) is 14.9 Å². The molecular formula is C19H19N5O3. The first kappa shape index (κ1) is 17.0. The van der Waals surface area contributed by atoms with Crippen LogP contribution < -0.4 is 0 Å². The van der Waals surface area contributed by atoms with Gasteiger partial charge < -0.3 is 9.47 Å². The molecule has 0 radical (unpaired) electrons. The van der Waals surface area contributed by atoms with E-state index in [1.54, 1.807) is 22.9 Å². The van der Waals surface area contributed by atoms with Crippen molar-refractivity contribution in [3.05, 3.63) is 64.5 Å². The molecule has 1 amide bonds. The minimum Gasteiger partial charge on any atom is -0.349 e. The summed E-state index contributed by atoms with van der Waals surface area (Å²) in [5.41, 5.74) is 2.65. The summed E-state index contributed by atoms with van der Waals surface area (Å²) in [6, 6.07) is 11.7. The minimum atomic E-state index is -0.446. The fraction of sp³-hybridized carbons (Fsp3) is 0.263. The lowest BCUT2D eigenvalue weighted by molar-refractivity contribution is -0.384. The molecule has 0 aliphatic carbocycles. The summed E-state index contributed by atoms with van der Waals surface area (Å²) in [5.74, 6) is -0.0705. The van der Waals surface area contributed by atoms with Gasteiger partial charge >= 0.3 is 0 Å². The van der Waals surface area contributed by atoms with Gasteiger partial charge in [0, 0.05) is 38.5 Å². The van der Waals surface area contributed by atoms with Crippen molar-refractivity contribution in [2.24, 2.45) is 7.05 Å². The SMILES string of the molecule is Cn1cccc1-c1cc(C(=O)N2CCCC2)n(-c2ccc([N+](=O)[O-])cc2)n1. The van der Waals surface area contributed by atoms with Gasteiger partial charge in [-0.1, -0.05) is 0 Å². The number of aromatic nitrogens is 3. The zero-order chi connectivity index (χ0) is 19.0. The van der Waals surface area contributed by atoms with Gasteiger partial charge in [-0.15, -0.1) is 0 Å². The number of benzene rings is 1. The standard InChI is InChI=1S/C19H19N5O3/c1-21-10-4-5-17(21)16-13-18(19(25)22-11-2-3-12-22)23(20-16)14-6-8-15(9-7-14)24(26)27/h4-10,13H,2-3,11-12H2,1H3. The van der Waals surface area contributed by atoms with E-state index in [4.69, 9.17) is 0 Å². The van der Waals surface area contributed by atoms with Gasteiger partial charge in [0.05, 0.1) is 16.3 Å². The summed E-state index contributed by atoms with van der Waals surface area (Å²) in [7, 11) is 1.92. The number of nitrogens with zero attached hydrogens (tertiary/aromatic N) is 5. The minimum absolute atomic E-state index is 0.000911.